The van der Waals surface area contributed by atoms with E-state index in [1.54, 1.807) is 29.2 Å². The third-order valence-electron chi connectivity index (χ3n) is 6.46. The molecule has 0 N–H and O–H groups in total. The summed E-state index contributed by atoms with van der Waals surface area (Å²) in [6.07, 6.45) is 11.3. The maximum atomic E-state index is 8.95. The van der Waals surface area contributed by atoms with Crippen molar-refractivity contribution in [1.82, 2.24) is 29.4 Å². The topological polar surface area (TPSA) is 97.2 Å². The van der Waals surface area contributed by atoms with E-state index in [2.05, 4.69) is 33.3 Å². The number of aromatic nitrogens is 6. The van der Waals surface area contributed by atoms with E-state index in [4.69, 9.17) is 20.0 Å². The molecule has 5 heterocycles. The Morgan fingerprint density at radius 1 is 0.944 bits per heavy atom. The van der Waals surface area contributed by atoms with Gasteiger partial charge in [0.15, 0.2) is 0 Å². The van der Waals surface area contributed by atoms with Gasteiger partial charge >= 0.3 is 0 Å². The third kappa shape index (κ3) is 4.25. The minimum Gasteiger partial charge on any atom is -0.490 e. The number of hydrogen-bond acceptors (Lipinski definition) is 7. The van der Waals surface area contributed by atoms with Gasteiger partial charge in [0.1, 0.15) is 17.7 Å². The van der Waals surface area contributed by atoms with E-state index in [0.717, 1.165) is 65.5 Å². The van der Waals surface area contributed by atoms with Crippen molar-refractivity contribution in [1.29, 1.82) is 5.26 Å². The van der Waals surface area contributed by atoms with E-state index in [1.807, 2.05) is 48.4 Å². The summed E-state index contributed by atoms with van der Waals surface area (Å²) in [5.41, 5.74) is 5.09. The molecule has 1 aliphatic rings. The number of pyridine rings is 1. The van der Waals surface area contributed by atoms with E-state index < -0.39 is 0 Å². The number of piperidine rings is 1. The second kappa shape index (κ2) is 9.15. The van der Waals surface area contributed by atoms with Crippen molar-refractivity contribution < 1.29 is 4.74 Å². The Hall–Kier alpha value is -4.71. The van der Waals surface area contributed by atoms with Crippen LogP contribution in [-0.4, -0.2) is 48.6 Å². The maximum Gasteiger partial charge on any atom is 0.128 e. The summed E-state index contributed by atoms with van der Waals surface area (Å²) < 4.78 is 9.73. The van der Waals surface area contributed by atoms with Crippen molar-refractivity contribution in [3.8, 4) is 34.3 Å². The molecule has 0 amide bonds. The largest absolute Gasteiger partial charge is 0.490 e. The summed E-state index contributed by atoms with van der Waals surface area (Å²) in [6.45, 7) is 1.74. The highest BCUT2D eigenvalue weighted by molar-refractivity contribution is 5.78. The quantitative estimate of drug-likeness (QED) is 0.377. The molecular formula is C27H24N8O. The van der Waals surface area contributed by atoms with Crippen LogP contribution in [0.4, 0.5) is 5.82 Å². The number of fused-ring (bicyclic) bond motifs is 1. The van der Waals surface area contributed by atoms with Gasteiger partial charge in [-0.2, -0.15) is 15.5 Å². The fourth-order valence-corrected chi connectivity index (χ4v) is 4.55. The highest BCUT2D eigenvalue weighted by Crippen LogP contribution is 2.28. The number of rotatable bonds is 5. The Morgan fingerprint density at radius 3 is 2.47 bits per heavy atom. The summed E-state index contributed by atoms with van der Waals surface area (Å²) in [6, 6.07) is 15.5. The van der Waals surface area contributed by atoms with Gasteiger partial charge in [-0.3, -0.25) is 4.68 Å². The van der Waals surface area contributed by atoms with E-state index in [-0.39, 0.29) is 6.10 Å². The molecule has 1 fully saturated rings. The first-order chi connectivity index (χ1) is 17.7. The minimum atomic E-state index is 0.156. The van der Waals surface area contributed by atoms with E-state index in [1.165, 1.54) is 0 Å². The van der Waals surface area contributed by atoms with Gasteiger partial charge < -0.3 is 9.64 Å². The van der Waals surface area contributed by atoms with Gasteiger partial charge in [0.2, 0.25) is 0 Å². The molecule has 4 aromatic heterocycles. The van der Waals surface area contributed by atoms with Gasteiger partial charge in [-0.05, 0) is 42.5 Å². The van der Waals surface area contributed by atoms with Gasteiger partial charge in [-0.25, -0.2) is 14.5 Å². The summed E-state index contributed by atoms with van der Waals surface area (Å²) in [7, 11) is 1.89. The molecule has 0 aliphatic carbocycles. The smallest absolute Gasteiger partial charge is 0.128 e. The predicted octanol–water partition coefficient (Wildman–Crippen LogP) is 4.11. The first-order valence-corrected chi connectivity index (χ1v) is 11.9. The lowest BCUT2D eigenvalue weighted by Crippen LogP contribution is -2.38. The van der Waals surface area contributed by atoms with Crippen molar-refractivity contribution in [3.63, 3.8) is 0 Å². The standard InChI is InChI=1S/C27H24N8O/c1-33-17-21(16-31-33)24-18-35-25(8-11-30-35)27(32-24)20-4-7-26(29-15-20)34-12-9-23(10-13-34)36-22-5-2-19(14-28)3-6-22/h2-8,11,15-18,23H,9-10,12-13H2,1H3. The van der Waals surface area contributed by atoms with Gasteiger partial charge in [0.25, 0.3) is 0 Å². The molecule has 5 aromatic rings. The number of ether oxygens (including phenoxy) is 1. The first kappa shape index (κ1) is 21.8. The molecule has 0 saturated carbocycles. The minimum absolute atomic E-state index is 0.156. The fourth-order valence-electron chi connectivity index (χ4n) is 4.55. The lowest BCUT2D eigenvalue weighted by molar-refractivity contribution is 0.170. The predicted molar refractivity (Wildman–Crippen MR) is 135 cm³/mol. The van der Waals surface area contributed by atoms with Crippen molar-refractivity contribution in [2.45, 2.75) is 18.9 Å². The summed E-state index contributed by atoms with van der Waals surface area (Å²) in [5, 5.41) is 17.7. The van der Waals surface area contributed by atoms with Crippen LogP contribution in [0.1, 0.15) is 18.4 Å². The highest BCUT2D eigenvalue weighted by Gasteiger charge is 2.22. The molecule has 0 spiro atoms. The number of hydrogen-bond donors (Lipinski definition) is 0. The maximum absolute atomic E-state index is 8.95. The van der Waals surface area contributed by atoms with Gasteiger partial charge in [-0.15, -0.1) is 0 Å². The van der Waals surface area contributed by atoms with E-state index >= 15 is 0 Å². The number of anilines is 1. The molecule has 36 heavy (non-hydrogen) atoms. The van der Waals surface area contributed by atoms with Crippen molar-refractivity contribution in [2.24, 2.45) is 7.05 Å². The molecule has 6 rings (SSSR count). The van der Waals surface area contributed by atoms with Gasteiger partial charge in [0.05, 0.1) is 47.1 Å². The van der Waals surface area contributed by atoms with Crippen molar-refractivity contribution >= 4 is 11.3 Å². The number of benzene rings is 1. The molecule has 178 valence electrons. The second-order valence-electron chi connectivity index (χ2n) is 8.88. The van der Waals surface area contributed by atoms with Crippen LogP contribution < -0.4 is 9.64 Å². The first-order valence-electron chi connectivity index (χ1n) is 11.9. The van der Waals surface area contributed by atoms with Crippen molar-refractivity contribution in [3.05, 3.63) is 79.0 Å². The molecule has 0 radical (unpaired) electrons. The van der Waals surface area contributed by atoms with Crippen molar-refractivity contribution in [2.75, 3.05) is 18.0 Å². The number of nitrogens with zero attached hydrogens (tertiary/aromatic N) is 8. The Balaban J connectivity index is 1.17. The zero-order valence-electron chi connectivity index (χ0n) is 19.8. The van der Waals surface area contributed by atoms with Crippen LogP contribution in [0.3, 0.4) is 0 Å². The molecule has 0 unspecified atom stereocenters. The van der Waals surface area contributed by atoms with E-state index in [9.17, 15) is 0 Å². The third-order valence-corrected chi connectivity index (χ3v) is 6.46. The van der Waals surface area contributed by atoms with Gasteiger partial charge in [-0.1, -0.05) is 0 Å². The fraction of sp³-hybridized carbons (Fsp3) is 0.222. The van der Waals surface area contributed by atoms with E-state index in [0.29, 0.717) is 5.56 Å². The Bertz CT molecular complexity index is 1540. The van der Waals surface area contributed by atoms with Crippen LogP contribution in [0.15, 0.2) is 73.4 Å². The Labute approximate surface area is 208 Å². The molecule has 1 saturated heterocycles. The number of nitriles is 1. The zero-order chi connectivity index (χ0) is 24.5. The van der Waals surface area contributed by atoms with Crippen LogP contribution >= 0.6 is 0 Å². The summed E-state index contributed by atoms with van der Waals surface area (Å²) >= 11 is 0. The molecule has 0 atom stereocenters. The molecule has 0 bridgehead atoms. The summed E-state index contributed by atoms with van der Waals surface area (Å²) in [4.78, 5) is 12.0. The lowest BCUT2D eigenvalue weighted by Gasteiger charge is -2.33. The van der Waals surface area contributed by atoms with Crippen LogP contribution in [0.25, 0.3) is 28.0 Å². The number of aryl methyl sites for hydroxylation is 1. The van der Waals surface area contributed by atoms with Crippen LogP contribution in [-0.2, 0) is 7.05 Å². The molecular weight excluding hydrogens is 452 g/mol. The molecule has 1 aliphatic heterocycles. The summed E-state index contributed by atoms with van der Waals surface area (Å²) in [5.74, 6) is 1.76. The van der Waals surface area contributed by atoms with Crippen LogP contribution in [0.2, 0.25) is 0 Å². The average Bonchev–Trinajstić information content (AvgIpc) is 3.58. The Morgan fingerprint density at radius 2 is 1.78 bits per heavy atom. The second-order valence-corrected chi connectivity index (χ2v) is 8.88. The monoisotopic (exact) mass is 476 g/mol. The normalized spacial score (nSPS) is 14.2. The highest BCUT2D eigenvalue weighted by atomic mass is 16.5. The molecule has 9 heteroatoms. The van der Waals surface area contributed by atoms with Crippen LogP contribution in [0.5, 0.6) is 5.75 Å². The zero-order valence-corrected chi connectivity index (χ0v) is 19.8. The van der Waals surface area contributed by atoms with Crippen LogP contribution in [0, 0.1) is 11.3 Å². The average molecular weight is 477 g/mol. The SMILES string of the molecule is Cn1cc(-c2cn3nccc3c(-c3ccc(N4CCC(Oc5ccc(C#N)cc5)CC4)nc3)n2)cn1. The Kier molecular flexibility index (Phi) is 5.54. The lowest BCUT2D eigenvalue weighted by atomic mass is 10.1. The molecule has 1 aromatic carbocycles. The molecule has 9 nitrogen and oxygen atoms in total. The van der Waals surface area contributed by atoms with Gasteiger partial charge in [0, 0.05) is 56.5 Å².